The largest absolute Gasteiger partial charge is 0.310 e. The minimum absolute atomic E-state index is 0.104. The standard InChI is InChI=1S/C17H17N3O2S2/c21-24(22,10-17-19-11-20-23-17)13-6-7-14-12(9-13)3-1-4-15(14)16-5-2-8-18-16/h1,3-4,6-7,9,11,16,18H,2,5,8,10H2. The SMILES string of the molecule is O=S(=O)(Cc1ncns1)c1ccc2c(C3CCCN3)cccc2c1. The monoisotopic (exact) mass is 359 g/mol. The molecule has 1 aliphatic rings. The predicted octanol–water partition coefficient (Wildman–Crippen LogP) is 3.09. The summed E-state index contributed by atoms with van der Waals surface area (Å²) in [7, 11) is -3.41. The molecule has 4 rings (SSSR count). The lowest BCUT2D eigenvalue weighted by Gasteiger charge is -2.14. The van der Waals surface area contributed by atoms with Crippen LogP contribution in [0.1, 0.15) is 29.5 Å². The number of hydrogen-bond acceptors (Lipinski definition) is 6. The van der Waals surface area contributed by atoms with E-state index in [1.807, 2.05) is 18.2 Å². The average molecular weight is 359 g/mol. The highest BCUT2D eigenvalue weighted by molar-refractivity contribution is 7.90. The topological polar surface area (TPSA) is 72.0 Å². The van der Waals surface area contributed by atoms with Crippen LogP contribution in [-0.2, 0) is 15.6 Å². The summed E-state index contributed by atoms with van der Waals surface area (Å²) in [5.41, 5.74) is 1.25. The van der Waals surface area contributed by atoms with Crippen LogP contribution in [-0.4, -0.2) is 24.3 Å². The van der Waals surface area contributed by atoms with Gasteiger partial charge in [-0.15, -0.1) is 0 Å². The van der Waals surface area contributed by atoms with Gasteiger partial charge in [-0.3, -0.25) is 0 Å². The number of sulfone groups is 1. The number of benzene rings is 2. The van der Waals surface area contributed by atoms with Gasteiger partial charge in [0, 0.05) is 6.04 Å². The molecule has 5 nitrogen and oxygen atoms in total. The molecule has 0 aliphatic carbocycles. The molecule has 0 saturated carbocycles. The summed E-state index contributed by atoms with van der Waals surface area (Å²) in [5.74, 6) is -0.104. The van der Waals surface area contributed by atoms with Crippen LogP contribution in [0.25, 0.3) is 10.8 Å². The molecule has 0 radical (unpaired) electrons. The Balaban J connectivity index is 1.73. The summed E-state index contributed by atoms with van der Waals surface area (Å²) >= 11 is 1.12. The minimum atomic E-state index is -3.41. The molecular weight excluding hydrogens is 342 g/mol. The number of rotatable bonds is 4. The first kappa shape index (κ1) is 15.7. The summed E-state index contributed by atoms with van der Waals surface area (Å²) in [6, 6.07) is 11.9. The van der Waals surface area contributed by atoms with E-state index in [1.165, 1.54) is 18.3 Å². The predicted molar refractivity (Wildman–Crippen MR) is 94.7 cm³/mol. The molecule has 1 saturated heterocycles. The van der Waals surface area contributed by atoms with Crippen molar-refractivity contribution >= 4 is 32.1 Å². The van der Waals surface area contributed by atoms with E-state index in [9.17, 15) is 8.42 Å². The van der Waals surface area contributed by atoms with E-state index in [1.54, 1.807) is 12.1 Å². The van der Waals surface area contributed by atoms with Gasteiger partial charge in [-0.25, -0.2) is 13.4 Å². The molecule has 1 fully saturated rings. The Kier molecular flexibility index (Phi) is 4.07. The fourth-order valence-corrected chi connectivity index (χ4v) is 5.37. The lowest BCUT2D eigenvalue weighted by molar-refractivity contribution is 0.595. The van der Waals surface area contributed by atoms with E-state index >= 15 is 0 Å². The zero-order valence-corrected chi connectivity index (χ0v) is 14.6. The third-order valence-corrected chi connectivity index (χ3v) is 6.87. The number of aromatic nitrogens is 2. The number of fused-ring (bicyclic) bond motifs is 1. The Morgan fingerprint density at radius 2 is 2.17 bits per heavy atom. The second-order valence-electron chi connectivity index (χ2n) is 5.97. The molecule has 0 bridgehead atoms. The Hall–Kier alpha value is -1.83. The van der Waals surface area contributed by atoms with E-state index in [4.69, 9.17) is 0 Å². The van der Waals surface area contributed by atoms with Gasteiger partial charge in [0.05, 0.1) is 4.90 Å². The smallest absolute Gasteiger partial charge is 0.184 e. The van der Waals surface area contributed by atoms with Crippen molar-refractivity contribution < 1.29 is 8.42 Å². The molecule has 24 heavy (non-hydrogen) atoms. The highest BCUT2D eigenvalue weighted by Crippen LogP contribution is 2.31. The van der Waals surface area contributed by atoms with Crippen LogP contribution in [0.5, 0.6) is 0 Å². The van der Waals surface area contributed by atoms with Crippen LogP contribution in [0, 0.1) is 0 Å². The van der Waals surface area contributed by atoms with Gasteiger partial charge in [-0.1, -0.05) is 24.3 Å². The quantitative estimate of drug-likeness (QED) is 0.775. The first-order chi connectivity index (χ1) is 11.6. The van der Waals surface area contributed by atoms with Gasteiger partial charge >= 0.3 is 0 Å². The molecule has 1 aliphatic heterocycles. The molecule has 7 heteroatoms. The molecule has 1 N–H and O–H groups in total. The Morgan fingerprint density at radius 3 is 2.92 bits per heavy atom. The molecule has 1 atom stereocenters. The molecule has 124 valence electrons. The van der Waals surface area contributed by atoms with Gasteiger partial charge in [-0.05, 0) is 59.4 Å². The normalized spacial score (nSPS) is 18.2. The van der Waals surface area contributed by atoms with Crippen molar-refractivity contribution in [2.24, 2.45) is 0 Å². The van der Waals surface area contributed by atoms with E-state index < -0.39 is 9.84 Å². The van der Waals surface area contributed by atoms with Gasteiger partial charge in [-0.2, -0.15) is 4.37 Å². The first-order valence-electron chi connectivity index (χ1n) is 7.88. The van der Waals surface area contributed by atoms with Crippen molar-refractivity contribution in [2.45, 2.75) is 29.5 Å². The fraction of sp³-hybridized carbons (Fsp3) is 0.294. The van der Waals surface area contributed by atoms with Gasteiger partial charge in [0.2, 0.25) is 0 Å². The zero-order valence-electron chi connectivity index (χ0n) is 13.0. The van der Waals surface area contributed by atoms with Crippen molar-refractivity contribution in [3.05, 3.63) is 53.3 Å². The summed E-state index contributed by atoms with van der Waals surface area (Å²) in [5, 5.41) is 6.10. The van der Waals surface area contributed by atoms with E-state index in [0.717, 1.165) is 35.3 Å². The summed E-state index contributed by atoms with van der Waals surface area (Å²) in [4.78, 5) is 4.31. The molecular formula is C17H17N3O2S2. The van der Waals surface area contributed by atoms with E-state index in [-0.39, 0.29) is 5.75 Å². The molecule has 2 heterocycles. The van der Waals surface area contributed by atoms with Crippen LogP contribution in [0.4, 0.5) is 0 Å². The van der Waals surface area contributed by atoms with Crippen LogP contribution in [0.2, 0.25) is 0 Å². The van der Waals surface area contributed by atoms with Crippen molar-refractivity contribution in [1.29, 1.82) is 0 Å². The third-order valence-electron chi connectivity index (χ3n) is 4.40. The fourth-order valence-electron chi connectivity index (χ4n) is 3.24. The van der Waals surface area contributed by atoms with E-state index in [0.29, 0.717) is 15.9 Å². The lowest BCUT2D eigenvalue weighted by atomic mass is 9.98. The van der Waals surface area contributed by atoms with Crippen molar-refractivity contribution in [2.75, 3.05) is 6.54 Å². The molecule has 0 spiro atoms. The maximum absolute atomic E-state index is 12.6. The lowest BCUT2D eigenvalue weighted by Crippen LogP contribution is -2.13. The summed E-state index contributed by atoms with van der Waals surface area (Å²) in [6.07, 6.45) is 3.68. The number of hydrogen-bond donors (Lipinski definition) is 1. The highest BCUT2D eigenvalue weighted by Gasteiger charge is 2.21. The maximum Gasteiger partial charge on any atom is 0.184 e. The van der Waals surface area contributed by atoms with E-state index in [2.05, 4.69) is 20.7 Å². The van der Waals surface area contributed by atoms with Crippen molar-refractivity contribution in [3.8, 4) is 0 Å². The Bertz CT molecular complexity index is 963. The summed E-state index contributed by atoms with van der Waals surface area (Å²) < 4.78 is 29.1. The van der Waals surface area contributed by atoms with Crippen molar-refractivity contribution in [1.82, 2.24) is 14.7 Å². The average Bonchev–Trinajstić information content (AvgIpc) is 3.27. The second kappa shape index (κ2) is 6.23. The van der Waals surface area contributed by atoms with Gasteiger partial charge in [0.1, 0.15) is 17.1 Å². The third kappa shape index (κ3) is 2.94. The minimum Gasteiger partial charge on any atom is -0.310 e. The summed E-state index contributed by atoms with van der Waals surface area (Å²) in [6.45, 7) is 1.04. The van der Waals surface area contributed by atoms with Crippen LogP contribution < -0.4 is 5.32 Å². The molecule has 0 amide bonds. The molecule has 3 aromatic rings. The van der Waals surface area contributed by atoms with Gasteiger partial charge in [0.25, 0.3) is 0 Å². The molecule has 2 aromatic carbocycles. The molecule has 1 aromatic heterocycles. The maximum atomic E-state index is 12.6. The number of nitrogens with one attached hydrogen (secondary N) is 1. The van der Waals surface area contributed by atoms with Gasteiger partial charge in [0.15, 0.2) is 9.84 Å². The second-order valence-corrected chi connectivity index (χ2v) is 8.83. The van der Waals surface area contributed by atoms with Crippen LogP contribution in [0.15, 0.2) is 47.6 Å². The first-order valence-corrected chi connectivity index (χ1v) is 10.3. The van der Waals surface area contributed by atoms with Crippen LogP contribution in [0.3, 0.4) is 0 Å². The van der Waals surface area contributed by atoms with Gasteiger partial charge < -0.3 is 5.32 Å². The number of nitrogens with zero attached hydrogens (tertiary/aromatic N) is 2. The van der Waals surface area contributed by atoms with Crippen molar-refractivity contribution in [3.63, 3.8) is 0 Å². The molecule has 1 unspecified atom stereocenters. The zero-order chi connectivity index (χ0) is 16.6. The highest BCUT2D eigenvalue weighted by atomic mass is 32.2. The Labute approximate surface area is 144 Å². The van der Waals surface area contributed by atoms with Crippen LogP contribution >= 0.6 is 11.5 Å². The Morgan fingerprint density at radius 1 is 1.25 bits per heavy atom.